The van der Waals surface area contributed by atoms with Gasteiger partial charge in [-0.3, -0.25) is 4.68 Å². The quantitative estimate of drug-likeness (QED) is 0.530. The average Bonchev–Trinajstić information content (AvgIpc) is 3.57. The molecule has 1 N–H and O–H groups in total. The van der Waals surface area contributed by atoms with Gasteiger partial charge in [-0.2, -0.15) is 20.7 Å². The summed E-state index contributed by atoms with van der Waals surface area (Å²) in [6.07, 6.45) is 9.94. The van der Waals surface area contributed by atoms with Crippen molar-refractivity contribution in [2.24, 2.45) is 5.92 Å². The first-order chi connectivity index (χ1) is 15.3. The van der Waals surface area contributed by atoms with Crippen LogP contribution in [0.15, 0.2) is 43.2 Å². The maximum Gasteiger partial charge on any atom is 0.186 e. The molecule has 152 valence electrons. The number of aromatic nitrogens is 7. The van der Waals surface area contributed by atoms with E-state index in [4.69, 9.17) is 0 Å². The van der Waals surface area contributed by atoms with Crippen LogP contribution in [0.2, 0.25) is 0 Å². The number of anilines is 1. The number of rotatable bonds is 5. The Morgan fingerprint density at radius 2 is 2.19 bits per heavy atom. The van der Waals surface area contributed by atoms with Crippen LogP contribution < -0.4 is 4.90 Å². The first kappa shape index (κ1) is 18.7. The zero-order valence-electron chi connectivity index (χ0n) is 16.5. The van der Waals surface area contributed by atoms with E-state index < -0.39 is 0 Å². The van der Waals surface area contributed by atoms with Crippen LogP contribution in [-0.4, -0.2) is 48.0 Å². The van der Waals surface area contributed by atoms with Gasteiger partial charge >= 0.3 is 0 Å². The van der Waals surface area contributed by atoms with Crippen LogP contribution in [0, 0.1) is 28.6 Å². The monoisotopic (exact) mass is 410 g/mol. The summed E-state index contributed by atoms with van der Waals surface area (Å²) in [4.78, 5) is 13.9. The van der Waals surface area contributed by atoms with Gasteiger partial charge in [-0.25, -0.2) is 9.97 Å². The fourth-order valence-electron chi connectivity index (χ4n) is 4.29. The highest BCUT2D eigenvalue weighted by Crippen LogP contribution is 2.34. The molecule has 4 aromatic rings. The summed E-state index contributed by atoms with van der Waals surface area (Å²) < 4.78 is 1.88. The molecule has 31 heavy (non-hydrogen) atoms. The smallest absolute Gasteiger partial charge is 0.186 e. The zero-order chi connectivity index (χ0) is 21.2. The van der Waals surface area contributed by atoms with Crippen molar-refractivity contribution in [3.8, 4) is 23.4 Å². The fourth-order valence-corrected chi connectivity index (χ4v) is 4.29. The van der Waals surface area contributed by atoms with E-state index in [9.17, 15) is 10.5 Å². The van der Waals surface area contributed by atoms with Crippen molar-refractivity contribution in [3.63, 3.8) is 0 Å². The molecular weight excluding hydrogens is 392 g/mol. The molecule has 0 bridgehead atoms. The molecule has 0 amide bonds. The third-order valence-corrected chi connectivity index (χ3v) is 5.78. The molecule has 2 atom stereocenters. The number of hydrogen-bond donors (Lipinski definition) is 1. The summed E-state index contributed by atoms with van der Waals surface area (Å²) in [5.41, 5.74) is 3.57. The second-order valence-electron chi connectivity index (χ2n) is 7.47. The standard InChI is InChI=1S/C21H18N10/c22-5-1-18(14-4-8-30(11-14)19-3-7-27-29-17(19)9-23)31-12-15(10-28-31)20-16-2-6-24-21(16)26-13-25-20/h2-3,6-7,10,12-14,18H,1,4,8,11H2,(H,24,25,26). The highest BCUT2D eigenvalue weighted by Gasteiger charge is 2.32. The van der Waals surface area contributed by atoms with Crippen LogP contribution in [0.5, 0.6) is 0 Å². The van der Waals surface area contributed by atoms with E-state index in [-0.39, 0.29) is 12.0 Å². The van der Waals surface area contributed by atoms with Gasteiger partial charge in [-0.05, 0) is 18.6 Å². The molecular formula is C21H18N10. The summed E-state index contributed by atoms with van der Waals surface area (Å²) in [6, 6.07) is 8.10. The predicted molar refractivity (Wildman–Crippen MR) is 111 cm³/mol. The van der Waals surface area contributed by atoms with E-state index in [2.05, 4.69) is 47.3 Å². The van der Waals surface area contributed by atoms with Crippen molar-refractivity contribution in [1.82, 2.24) is 34.9 Å². The van der Waals surface area contributed by atoms with Crippen LogP contribution in [-0.2, 0) is 0 Å². The fraction of sp³-hybridized carbons (Fsp3) is 0.286. The average molecular weight is 410 g/mol. The second-order valence-corrected chi connectivity index (χ2v) is 7.47. The largest absolute Gasteiger partial charge is 0.369 e. The molecule has 0 aromatic carbocycles. The molecule has 1 aliphatic heterocycles. The minimum atomic E-state index is -0.0763. The molecule has 0 radical (unpaired) electrons. The van der Waals surface area contributed by atoms with Gasteiger partial charge in [0, 0.05) is 42.4 Å². The molecule has 1 fully saturated rings. The van der Waals surface area contributed by atoms with Gasteiger partial charge in [-0.15, -0.1) is 5.10 Å². The lowest BCUT2D eigenvalue weighted by atomic mass is 9.96. The molecule has 1 saturated heterocycles. The number of fused-ring (bicyclic) bond motifs is 1. The molecule has 0 saturated carbocycles. The molecule has 4 aromatic heterocycles. The van der Waals surface area contributed by atoms with Crippen LogP contribution in [0.4, 0.5) is 5.69 Å². The van der Waals surface area contributed by atoms with Gasteiger partial charge in [-0.1, -0.05) is 0 Å². The van der Waals surface area contributed by atoms with Crippen molar-refractivity contribution in [3.05, 3.63) is 48.9 Å². The van der Waals surface area contributed by atoms with Gasteiger partial charge in [0.25, 0.3) is 0 Å². The van der Waals surface area contributed by atoms with Gasteiger partial charge in [0.15, 0.2) is 5.69 Å². The Kier molecular flexibility index (Phi) is 4.73. The van der Waals surface area contributed by atoms with E-state index in [1.165, 1.54) is 6.33 Å². The topological polar surface area (TPSA) is 136 Å². The Balaban J connectivity index is 1.42. The maximum absolute atomic E-state index is 9.47. The Morgan fingerprint density at radius 1 is 1.26 bits per heavy atom. The highest BCUT2D eigenvalue weighted by atomic mass is 15.3. The first-order valence-corrected chi connectivity index (χ1v) is 9.94. The highest BCUT2D eigenvalue weighted by molar-refractivity contribution is 5.89. The van der Waals surface area contributed by atoms with Gasteiger partial charge in [0.1, 0.15) is 18.0 Å². The van der Waals surface area contributed by atoms with Crippen molar-refractivity contribution < 1.29 is 0 Å². The minimum Gasteiger partial charge on any atom is -0.369 e. The predicted octanol–water partition coefficient (Wildman–Crippen LogP) is 2.46. The Bertz CT molecular complexity index is 1310. The minimum absolute atomic E-state index is 0.0763. The zero-order valence-corrected chi connectivity index (χ0v) is 16.5. The Morgan fingerprint density at radius 3 is 3.06 bits per heavy atom. The van der Waals surface area contributed by atoms with Crippen molar-refractivity contribution >= 4 is 16.7 Å². The number of aromatic amines is 1. The molecule has 5 rings (SSSR count). The lowest BCUT2D eigenvalue weighted by Gasteiger charge is -2.23. The van der Waals surface area contributed by atoms with Gasteiger partial charge in [0.2, 0.25) is 0 Å². The molecule has 2 unspecified atom stereocenters. The van der Waals surface area contributed by atoms with Gasteiger partial charge in [0.05, 0.1) is 42.3 Å². The molecule has 10 nitrogen and oxygen atoms in total. The van der Waals surface area contributed by atoms with Crippen LogP contribution in [0.1, 0.15) is 24.6 Å². The number of hydrogen-bond acceptors (Lipinski definition) is 8. The number of H-pyrrole nitrogens is 1. The van der Waals surface area contributed by atoms with Crippen LogP contribution in [0.3, 0.4) is 0 Å². The van der Waals surface area contributed by atoms with Crippen molar-refractivity contribution in [2.75, 3.05) is 18.0 Å². The summed E-state index contributed by atoms with van der Waals surface area (Å²) in [5.74, 6) is 0.213. The first-order valence-electron chi connectivity index (χ1n) is 9.94. The lowest BCUT2D eigenvalue weighted by molar-refractivity contribution is 0.332. The third kappa shape index (κ3) is 3.34. The maximum atomic E-state index is 9.47. The SMILES string of the molecule is N#CCC(C1CCN(c2ccnnc2C#N)C1)n1cc(-c2ncnc3[nH]ccc23)cn1. The van der Waals surface area contributed by atoms with Crippen molar-refractivity contribution in [1.29, 1.82) is 10.5 Å². The second kappa shape index (κ2) is 7.84. The van der Waals surface area contributed by atoms with E-state index >= 15 is 0 Å². The van der Waals surface area contributed by atoms with E-state index in [0.717, 1.165) is 47.5 Å². The van der Waals surface area contributed by atoms with E-state index in [1.54, 1.807) is 12.4 Å². The summed E-state index contributed by atoms with van der Waals surface area (Å²) in [7, 11) is 0. The number of nitriles is 2. The molecule has 0 spiro atoms. The lowest BCUT2D eigenvalue weighted by Crippen LogP contribution is -2.25. The third-order valence-electron chi connectivity index (χ3n) is 5.78. The van der Waals surface area contributed by atoms with E-state index in [1.807, 2.05) is 29.2 Å². The van der Waals surface area contributed by atoms with E-state index in [0.29, 0.717) is 12.1 Å². The van der Waals surface area contributed by atoms with Crippen LogP contribution in [0.25, 0.3) is 22.3 Å². The molecule has 5 heterocycles. The normalized spacial score (nSPS) is 16.8. The van der Waals surface area contributed by atoms with Gasteiger partial charge < -0.3 is 9.88 Å². The molecule has 10 heteroatoms. The van der Waals surface area contributed by atoms with Crippen molar-refractivity contribution in [2.45, 2.75) is 18.9 Å². The Labute approximate surface area is 177 Å². The number of nitrogens with one attached hydrogen (secondary N) is 1. The summed E-state index contributed by atoms with van der Waals surface area (Å²) in [5, 5.41) is 32.0. The Hall–Kier alpha value is -4.31. The molecule has 0 aliphatic carbocycles. The molecule has 1 aliphatic rings. The van der Waals surface area contributed by atoms with Crippen LogP contribution >= 0.6 is 0 Å². The number of nitrogens with zero attached hydrogens (tertiary/aromatic N) is 9. The summed E-state index contributed by atoms with van der Waals surface area (Å²) in [6.45, 7) is 1.51. The summed E-state index contributed by atoms with van der Waals surface area (Å²) >= 11 is 0.